The van der Waals surface area contributed by atoms with Crippen LogP contribution in [0.2, 0.25) is 0 Å². The molecule has 0 unspecified atom stereocenters. The van der Waals surface area contributed by atoms with E-state index >= 15 is 0 Å². The third kappa shape index (κ3) is 3.25. The molecule has 0 fully saturated rings. The molecule has 0 aromatic heterocycles. The second kappa shape index (κ2) is 5.95. The van der Waals surface area contributed by atoms with E-state index in [0.717, 1.165) is 0 Å². The van der Waals surface area contributed by atoms with Gasteiger partial charge >= 0.3 is 5.97 Å². The van der Waals surface area contributed by atoms with Gasteiger partial charge in [-0.2, -0.15) is 0 Å². The number of carbonyl (C=O) groups excluding carboxylic acids is 1. The predicted molar refractivity (Wildman–Crippen MR) is 59.8 cm³/mol. The van der Waals surface area contributed by atoms with Crippen LogP contribution < -0.4 is 0 Å². The molecule has 0 aliphatic heterocycles. The molecule has 0 heterocycles. The minimum atomic E-state index is -0.609. The summed E-state index contributed by atoms with van der Waals surface area (Å²) in [4.78, 5) is 21.5. The van der Waals surface area contributed by atoms with Crippen LogP contribution in [0.4, 0.5) is 5.69 Å². The molecule has 1 aromatic rings. The molecule has 6 nitrogen and oxygen atoms in total. The predicted octanol–water partition coefficient (Wildman–Crippen LogP) is 1.31. The number of nitro groups is 1. The maximum Gasteiger partial charge on any atom is 0.338 e. The smallest absolute Gasteiger partial charge is 0.338 e. The van der Waals surface area contributed by atoms with Crippen molar-refractivity contribution in [3.63, 3.8) is 0 Å². The first-order chi connectivity index (χ1) is 8.10. The molecule has 1 aromatic carbocycles. The number of esters is 1. The monoisotopic (exact) mass is 239 g/mol. The van der Waals surface area contributed by atoms with E-state index in [1.807, 2.05) is 0 Å². The van der Waals surface area contributed by atoms with Gasteiger partial charge in [-0.1, -0.05) is 6.07 Å². The number of aryl methyl sites for hydroxylation is 1. The van der Waals surface area contributed by atoms with Gasteiger partial charge in [-0.25, -0.2) is 4.79 Å². The number of nitrogens with zero attached hydrogens (tertiary/aromatic N) is 1. The van der Waals surface area contributed by atoms with Crippen LogP contribution in [0.1, 0.15) is 22.3 Å². The summed E-state index contributed by atoms with van der Waals surface area (Å²) in [5.74, 6) is -0.609. The van der Waals surface area contributed by atoms with Crippen LogP contribution in [-0.2, 0) is 11.2 Å². The molecule has 0 saturated heterocycles. The van der Waals surface area contributed by atoms with E-state index < -0.39 is 10.9 Å². The number of rotatable bonds is 5. The zero-order valence-corrected chi connectivity index (χ0v) is 9.38. The second-order valence-electron chi connectivity index (χ2n) is 3.42. The van der Waals surface area contributed by atoms with Crippen molar-refractivity contribution >= 4 is 11.7 Å². The Hall–Kier alpha value is -1.95. The average Bonchev–Trinajstić information content (AvgIpc) is 2.35. The van der Waals surface area contributed by atoms with Crippen molar-refractivity contribution in [1.82, 2.24) is 0 Å². The van der Waals surface area contributed by atoms with Crippen molar-refractivity contribution in [2.45, 2.75) is 12.8 Å². The summed E-state index contributed by atoms with van der Waals surface area (Å²) in [5, 5.41) is 19.5. The Balaban J connectivity index is 3.08. The number of ether oxygens (including phenoxy) is 1. The van der Waals surface area contributed by atoms with Crippen molar-refractivity contribution < 1.29 is 19.6 Å². The number of benzene rings is 1. The molecule has 0 radical (unpaired) electrons. The molecule has 0 aliphatic carbocycles. The van der Waals surface area contributed by atoms with Crippen LogP contribution in [0, 0.1) is 10.1 Å². The number of nitro benzene ring substituents is 1. The van der Waals surface area contributed by atoms with Gasteiger partial charge in [-0.15, -0.1) is 0 Å². The highest BCUT2D eigenvalue weighted by atomic mass is 16.6. The summed E-state index contributed by atoms with van der Waals surface area (Å²) >= 11 is 0. The van der Waals surface area contributed by atoms with E-state index in [9.17, 15) is 14.9 Å². The number of hydrogen-bond acceptors (Lipinski definition) is 5. The standard InChI is InChI=1S/C11H13NO5/c1-17-11(14)9-5-4-8(3-2-6-13)10(7-9)12(15)16/h4-5,7,13H,2-3,6H2,1H3. The second-order valence-corrected chi connectivity index (χ2v) is 3.42. The molecule has 6 heteroatoms. The fourth-order valence-corrected chi connectivity index (χ4v) is 1.46. The molecule has 1 rings (SSSR count). The van der Waals surface area contributed by atoms with Crippen LogP contribution in [0.25, 0.3) is 0 Å². The van der Waals surface area contributed by atoms with Crippen LogP contribution in [0.15, 0.2) is 18.2 Å². The molecule has 17 heavy (non-hydrogen) atoms. The maximum absolute atomic E-state index is 11.2. The van der Waals surface area contributed by atoms with Crippen LogP contribution in [0.5, 0.6) is 0 Å². The highest BCUT2D eigenvalue weighted by molar-refractivity contribution is 5.90. The summed E-state index contributed by atoms with van der Waals surface area (Å²) in [6.07, 6.45) is 0.840. The van der Waals surface area contributed by atoms with Crippen LogP contribution in [-0.4, -0.2) is 29.7 Å². The Morgan fingerprint density at radius 1 is 1.53 bits per heavy atom. The van der Waals surface area contributed by atoms with Gasteiger partial charge in [0.05, 0.1) is 17.6 Å². The van der Waals surface area contributed by atoms with Crippen molar-refractivity contribution in [2.24, 2.45) is 0 Å². The fourth-order valence-electron chi connectivity index (χ4n) is 1.46. The lowest BCUT2D eigenvalue weighted by Crippen LogP contribution is -2.04. The number of aliphatic hydroxyl groups excluding tert-OH is 1. The molecular formula is C11H13NO5. The lowest BCUT2D eigenvalue weighted by molar-refractivity contribution is -0.385. The number of aliphatic hydroxyl groups is 1. The number of methoxy groups -OCH3 is 1. The number of carbonyl (C=O) groups is 1. The van der Waals surface area contributed by atoms with E-state index in [1.54, 1.807) is 0 Å². The Morgan fingerprint density at radius 2 is 2.24 bits per heavy atom. The van der Waals surface area contributed by atoms with Crippen LogP contribution >= 0.6 is 0 Å². The van der Waals surface area contributed by atoms with E-state index in [-0.39, 0.29) is 17.9 Å². The Kier molecular flexibility index (Phi) is 4.59. The number of hydrogen-bond donors (Lipinski definition) is 1. The van der Waals surface area contributed by atoms with E-state index in [0.29, 0.717) is 18.4 Å². The minimum Gasteiger partial charge on any atom is -0.465 e. The van der Waals surface area contributed by atoms with Gasteiger partial charge in [-0.3, -0.25) is 10.1 Å². The van der Waals surface area contributed by atoms with E-state index in [4.69, 9.17) is 5.11 Å². The highest BCUT2D eigenvalue weighted by Crippen LogP contribution is 2.22. The Morgan fingerprint density at radius 3 is 2.76 bits per heavy atom. The largest absolute Gasteiger partial charge is 0.465 e. The summed E-state index contributed by atoms with van der Waals surface area (Å²) in [6, 6.07) is 4.18. The summed E-state index contributed by atoms with van der Waals surface area (Å²) < 4.78 is 4.49. The van der Waals surface area contributed by atoms with Crippen molar-refractivity contribution in [3.8, 4) is 0 Å². The van der Waals surface area contributed by atoms with Crippen LogP contribution in [0.3, 0.4) is 0 Å². The molecule has 0 spiro atoms. The molecule has 0 amide bonds. The zero-order chi connectivity index (χ0) is 12.8. The van der Waals surface area contributed by atoms with Gasteiger partial charge in [0.1, 0.15) is 0 Å². The summed E-state index contributed by atoms with van der Waals surface area (Å²) in [5.41, 5.74) is 0.519. The third-order valence-corrected chi connectivity index (χ3v) is 2.31. The topological polar surface area (TPSA) is 89.7 Å². The van der Waals surface area contributed by atoms with Gasteiger partial charge in [0.2, 0.25) is 0 Å². The zero-order valence-electron chi connectivity index (χ0n) is 9.38. The molecule has 1 N–H and O–H groups in total. The minimum absolute atomic E-state index is 0.0318. The van der Waals surface area contributed by atoms with Gasteiger partial charge in [0.15, 0.2) is 0 Å². The first-order valence-corrected chi connectivity index (χ1v) is 5.06. The van der Waals surface area contributed by atoms with Gasteiger partial charge in [0.25, 0.3) is 5.69 Å². The summed E-state index contributed by atoms with van der Waals surface area (Å²) in [6.45, 7) is -0.0318. The van der Waals surface area contributed by atoms with Crippen molar-refractivity contribution in [2.75, 3.05) is 13.7 Å². The highest BCUT2D eigenvalue weighted by Gasteiger charge is 2.17. The quantitative estimate of drug-likeness (QED) is 0.475. The molecule has 0 atom stereocenters. The SMILES string of the molecule is COC(=O)c1ccc(CCCO)c([N+](=O)[O-])c1. The van der Waals surface area contributed by atoms with Crippen molar-refractivity contribution in [1.29, 1.82) is 0 Å². The third-order valence-electron chi connectivity index (χ3n) is 2.31. The van der Waals surface area contributed by atoms with E-state index in [2.05, 4.69) is 4.74 Å². The lowest BCUT2D eigenvalue weighted by atomic mass is 10.0. The average molecular weight is 239 g/mol. The normalized spacial score (nSPS) is 10.0. The van der Waals surface area contributed by atoms with E-state index in [1.165, 1.54) is 25.3 Å². The van der Waals surface area contributed by atoms with Crippen molar-refractivity contribution in [3.05, 3.63) is 39.4 Å². The molecule has 0 aliphatic rings. The summed E-state index contributed by atoms with van der Waals surface area (Å²) in [7, 11) is 1.22. The first kappa shape index (κ1) is 13.1. The molecule has 92 valence electrons. The molecule has 0 bridgehead atoms. The maximum atomic E-state index is 11.2. The fraction of sp³-hybridized carbons (Fsp3) is 0.364. The first-order valence-electron chi connectivity index (χ1n) is 5.06. The van der Waals surface area contributed by atoms with Gasteiger partial charge in [0, 0.05) is 18.2 Å². The van der Waals surface area contributed by atoms with Gasteiger partial charge < -0.3 is 9.84 Å². The Labute approximate surface area is 98.0 Å². The Bertz CT molecular complexity index is 430. The van der Waals surface area contributed by atoms with Gasteiger partial charge in [-0.05, 0) is 18.9 Å². The molecule has 0 saturated carbocycles. The molecular weight excluding hydrogens is 226 g/mol. The lowest BCUT2D eigenvalue weighted by Gasteiger charge is -2.04.